The fourth-order valence-corrected chi connectivity index (χ4v) is 0. The molecule has 0 rings (SSSR count). The first kappa shape index (κ1) is 41.7. The summed E-state index contributed by atoms with van der Waals surface area (Å²) in [5.41, 5.74) is 0. The molecule has 0 aromatic heterocycles. The molecule has 0 unspecified atom stereocenters. The van der Waals surface area contributed by atoms with Crippen molar-refractivity contribution in [3.05, 3.63) is 0 Å². The Kier molecular flexibility index (Phi) is 225. The third-order valence-corrected chi connectivity index (χ3v) is 0. The number of rotatable bonds is 0. The predicted molar refractivity (Wildman–Crippen MR) is 6.13 cm³/mol. The summed E-state index contributed by atoms with van der Waals surface area (Å²) in [5, 5.41) is 0. The fraction of sp³-hybridized carbons (Fsp3) is 0. The van der Waals surface area contributed by atoms with E-state index in [-0.39, 0.29) is 64.9 Å². The van der Waals surface area contributed by atoms with E-state index >= 15 is 0 Å². The molecule has 1 nitrogen and oxygen atoms in total. The molecule has 0 aliphatic rings. The van der Waals surface area contributed by atoms with Crippen LogP contribution in [-0.4, -0.2) is 0 Å². The Morgan fingerprint density at radius 3 is 1.25 bits per heavy atom. The SMILES string of the molecule is N.[Co].[H-].[Li+].[Ti]. The van der Waals surface area contributed by atoms with Gasteiger partial charge in [0.15, 0.2) is 0 Å². The second-order valence-electron chi connectivity index (χ2n) is 0. The van der Waals surface area contributed by atoms with Gasteiger partial charge in [-0.2, -0.15) is 0 Å². The molecule has 0 aliphatic carbocycles. The average molecular weight is 132 g/mol. The van der Waals surface area contributed by atoms with Crippen molar-refractivity contribution in [1.29, 1.82) is 0 Å². The van der Waals surface area contributed by atoms with Crippen LogP contribution in [-0.2, 0) is 38.5 Å². The number of hydrogen-bond donors (Lipinski definition) is 1. The van der Waals surface area contributed by atoms with Gasteiger partial charge in [-0.05, 0) is 0 Å². The van der Waals surface area contributed by atoms with E-state index in [4.69, 9.17) is 0 Å². The standard InChI is InChI=1S/Co.Li.H3N.Ti.H/h;;1H3;;/q;+1;;;-1. The van der Waals surface area contributed by atoms with Gasteiger partial charge in [-0.25, -0.2) is 0 Å². The monoisotopic (exact) mass is 132 g/mol. The van der Waals surface area contributed by atoms with Gasteiger partial charge in [-0.3, -0.25) is 0 Å². The Morgan fingerprint density at radius 1 is 1.25 bits per heavy atom. The molecule has 0 bridgehead atoms. The van der Waals surface area contributed by atoms with Gasteiger partial charge >= 0.3 is 18.9 Å². The molecule has 4 heteroatoms. The van der Waals surface area contributed by atoms with Crippen molar-refractivity contribution >= 4 is 0 Å². The predicted octanol–water partition coefficient (Wildman–Crippen LogP) is -2.73. The second kappa shape index (κ2) is 21.6. The smallest absolute Gasteiger partial charge is 1.00 e. The van der Waals surface area contributed by atoms with Crippen LogP contribution in [0.2, 0.25) is 0 Å². The molecule has 3 N–H and O–H groups in total. The maximum absolute atomic E-state index is 0. The fourth-order valence-electron chi connectivity index (χ4n) is 0. The minimum Gasteiger partial charge on any atom is -1.00 e. The quantitative estimate of drug-likeness (QED) is 0.357. The van der Waals surface area contributed by atoms with Gasteiger partial charge in [0.2, 0.25) is 0 Å². The Labute approximate surface area is 64.6 Å². The van der Waals surface area contributed by atoms with Crippen molar-refractivity contribution in [2.75, 3.05) is 0 Å². The zero-order chi connectivity index (χ0) is 0. The minimum atomic E-state index is 0. The number of hydrogen-bond acceptors (Lipinski definition) is 1. The molecule has 0 saturated carbocycles. The van der Waals surface area contributed by atoms with Gasteiger partial charge in [0.1, 0.15) is 0 Å². The summed E-state index contributed by atoms with van der Waals surface area (Å²) in [6.45, 7) is 0. The third-order valence-electron chi connectivity index (χ3n) is 0. The van der Waals surface area contributed by atoms with Crippen LogP contribution in [0.1, 0.15) is 1.43 Å². The van der Waals surface area contributed by atoms with Crippen LogP contribution in [0.25, 0.3) is 0 Å². The molecule has 0 amide bonds. The molecule has 23 valence electrons. The van der Waals surface area contributed by atoms with Gasteiger partial charge < -0.3 is 7.58 Å². The molecule has 0 heterocycles. The molecule has 0 aromatic rings. The summed E-state index contributed by atoms with van der Waals surface area (Å²) in [4.78, 5) is 0. The van der Waals surface area contributed by atoms with Crippen LogP contribution >= 0.6 is 0 Å². The van der Waals surface area contributed by atoms with E-state index in [0.29, 0.717) is 0 Å². The Morgan fingerprint density at radius 2 is 1.25 bits per heavy atom. The molecule has 0 spiro atoms. The van der Waals surface area contributed by atoms with Crippen LogP contribution in [0.4, 0.5) is 0 Å². The maximum atomic E-state index is 0. The Bertz CT molecular complexity index is 11.6. The zero-order valence-electron chi connectivity index (χ0n) is 3.54. The van der Waals surface area contributed by atoms with E-state index in [9.17, 15) is 0 Å². The first-order valence-corrected chi connectivity index (χ1v) is 0. The molecule has 1 radical (unpaired) electrons. The van der Waals surface area contributed by atoms with Crippen molar-refractivity contribution in [2.45, 2.75) is 0 Å². The third kappa shape index (κ3) is 9.22. The summed E-state index contributed by atoms with van der Waals surface area (Å²) < 4.78 is 0. The van der Waals surface area contributed by atoms with Gasteiger partial charge in [0.25, 0.3) is 0 Å². The molecule has 0 aliphatic heterocycles. The normalized spacial score (nSPS) is 0. The van der Waals surface area contributed by atoms with E-state index in [0.717, 1.165) is 0 Å². The van der Waals surface area contributed by atoms with Gasteiger partial charge in [-0.15, -0.1) is 0 Å². The van der Waals surface area contributed by atoms with Crippen LogP contribution in [0.3, 0.4) is 0 Å². The first-order chi connectivity index (χ1) is 0. The first-order valence-electron chi connectivity index (χ1n) is 0. The summed E-state index contributed by atoms with van der Waals surface area (Å²) in [7, 11) is 0. The second-order valence-corrected chi connectivity index (χ2v) is 0. The average Bonchev–Trinajstić information content (AvgIpc) is 0. The van der Waals surface area contributed by atoms with E-state index in [1.807, 2.05) is 0 Å². The van der Waals surface area contributed by atoms with E-state index in [1.165, 1.54) is 0 Å². The summed E-state index contributed by atoms with van der Waals surface area (Å²) in [6.07, 6.45) is 0. The minimum absolute atomic E-state index is 0. The van der Waals surface area contributed by atoms with Crippen molar-refractivity contribution in [1.82, 2.24) is 6.15 Å². The summed E-state index contributed by atoms with van der Waals surface area (Å²) >= 11 is 0. The molecule has 0 atom stereocenters. The van der Waals surface area contributed by atoms with Gasteiger partial charge in [0, 0.05) is 38.5 Å². The van der Waals surface area contributed by atoms with Crippen molar-refractivity contribution < 1.29 is 58.8 Å². The van der Waals surface area contributed by atoms with E-state index in [2.05, 4.69) is 0 Å². The molecule has 0 fully saturated rings. The van der Waals surface area contributed by atoms with Crippen molar-refractivity contribution in [3.63, 3.8) is 0 Å². The molecule has 0 saturated heterocycles. The molecule has 4 heavy (non-hydrogen) atoms. The molecule has 0 aromatic carbocycles. The van der Waals surface area contributed by atoms with Crippen LogP contribution in [0.15, 0.2) is 0 Å². The van der Waals surface area contributed by atoms with Crippen molar-refractivity contribution in [3.8, 4) is 0 Å². The summed E-state index contributed by atoms with van der Waals surface area (Å²) in [5.74, 6) is 0. The largest absolute Gasteiger partial charge is 1.00 e. The molecular weight excluding hydrogens is 128 g/mol. The van der Waals surface area contributed by atoms with E-state index < -0.39 is 0 Å². The van der Waals surface area contributed by atoms with Gasteiger partial charge in [-0.1, -0.05) is 0 Å². The summed E-state index contributed by atoms with van der Waals surface area (Å²) in [6, 6.07) is 0. The van der Waals surface area contributed by atoms with Gasteiger partial charge in [0.05, 0.1) is 0 Å². The van der Waals surface area contributed by atoms with Crippen LogP contribution in [0, 0.1) is 0 Å². The van der Waals surface area contributed by atoms with E-state index in [1.54, 1.807) is 0 Å². The zero-order valence-corrected chi connectivity index (χ0v) is 5.14. The Hall–Kier alpha value is 1.78. The van der Waals surface area contributed by atoms with Crippen molar-refractivity contribution in [2.24, 2.45) is 0 Å². The molecular formula is H4CoLiNTi. The maximum Gasteiger partial charge on any atom is 1.00 e. The van der Waals surface area contributed by atoms with Crippen LogP contribution in [0.5, 0.6) is 0 Å². The Balaban J connectivity index is 0. The van der Waals surface area contributed by atoms with Crippen LogP contribution < -0.4 is 25.0 Å². The topological polar surface area (TPSA) is 35.0 Å².